The Morgan fingerprint density at radius 3 is 2.33 bits per heavy atom. The molecule has 0 atom stereocenters. The second kappa shape index (κ2) is 7.57. The molecule has 5 nitrogen and oxygen atoms in total. The van der Waals surface area contributed by atoms with Crippen molar-refractivity contribution < 1.29 is 18.8 Å². The van der Waals surface area contributed by atoms with Crippen LogP contribution in [0.25, 0.3) is 0 Å². The molecule has 1 fully saturated rings. The normalized spacial score (nSPS) is 17.9. The molecule has 1 aromatic rings. The van der Waals surface area contributed by atoms with E-state index in [9.17, 15) is 4.79 Å². The Morgan fingerprint density at radius 1 is 1.19 bits per heavy atom. The third-order valence-electron chi connectivity index (χ3n) is 4.82. The number of hydrogen-bond donors (Lipinski definition) is 1. The highest BCUT2D eigenvalue weighted by Gasteiger charge is 2.52. The zero-order valence-corrected chi connectivity index (χ0v) is 17.6. The molecule has 0 unspecified atom stereocenters. The SMILES string of the molecule is Cc1c(OC(=O)NCC#CC(C)(C)C)cccc1B1OC(C)(C)C(C)(C)O1. The molecule has 6 heteroatoms. The summed E-state index contributed by atoms with van der Waals surface area (Å²) in [6.07, 6.45) is -0.535. The van der Waals surface area contributed by atoms with Gasteiger partial charge in [0.05, 0.1) is 17.7 Å². The summed E-state index contributed by atoms with van der Waals surface area (Å²) in [7, 11) is -0.501. The summed E-state index contributed by atoms with van der Waals surface area (Å²) in [5, 5.41) is 2.65. The van der Waals surface area contributed by atoms with Crippen molar-refractivity contribution in [2.24, 2.45) is 5.41 Å². The van der Waals surface area contributed by atoms with Crippen molar-refractivity contribution in [3.8, 4) is 17.6 Å². The lowest BCUT2D eigenvalue weighted by molar-refractivity contribution is 0.00578. The standard InChI is InChI=1S/C21H30BNO4/c1-15-16(22-26-20(5,6)21(7,8)27-22)11-9-12-17(15)25-18(24)23-14-10-13-19(2,3)4/h9,11-12H,14H2,1-8H3,(H,23,24). The summed E-state index contributed by atoms with van der Waals surface area (Å²) in [4.78, 5) is 12.1. The highest BCUT2D eigenvalue weighted by molar-refractivity contribution is 6.62. The summed E-state index contributed by atoms with van der Waals surface area (Å²) in [6, 6.07) is 5.51. The molecule has 1 heterocycles. The fourth-order valence-corrected chi connectivity index (χ4v) is 2.53. The fourth-order valence-electron chi connectivity index (χ4n) is 2.53. The molecular formula is C21H30BNO4. The third-order valence-corrected chi connectivity index (χ3v) is 4.82. The topological polar surface area (TPSA) is 56.8 Å². The molecule has 0 saturated carbocycles. The van der Waals surface area contributed by atoms with E-state index in [1.165, 1.54) is 0 Å². The van der Waals surface area contributed by atoms with Crippen LogP contribution in [-0.2, 0) is 9.31 Å². The first-order valence-corrected chi connectivity index (χ1v) is 9.23. The van der Waals surface area contributed by atoms with Crippen LogP contribution >= 0.6 is 0 Å². The minimum atomic E-state index is -0.535. The molecule has 1 aliphatic rings. The van der Waals surface area contributed by atoms with E-state index in [2.05, 4.69) is 17.2 Å². The lowest BCUT2D eigenvalue weighted by Crippen LogP contribution is -2.41. The van der Waals surface area contributed by atoms with Crippen LogP contribution in [0.4, 0.5) is 4.79 Å². The van der Waals surface area contributed by atoms with Crippen LogP contribution in [0.2, 0.25) is 0 Å². The number of ether oxygens (including phenoxy) is 1. The zero-order valence-electron chi connectivity index (χ0n) is 17.6. The van der Waals surface area contributed by atoms with E-state index in [4.69, 9.17) is 14.0 Å². The van der Waals surface area contributed by atoms with Gasteiger partial charge < -0.3 is 19.4 Å². The quantitative estimate of drug-likeness (QED) is 0.653. The average Bonchev–Trinajstić information content (AvgIpc) is 2.73. The summed E-state index contributed by atoms with van der Waals surface area (Å²) in [5.74, 6) is 6.46. The Hall–Kier alpha value is -1.97. The number of nitrogens with one attached hydrogen (secondary N) is 1. The summed E-state index contributed by atoms with van der Waals surface area (Å²) in [6.45, 7) is 16.2. The molecule has 1 amide bonds. The van der Waals surface area contributed by atoms with Crippen molar-refractivity contribution in [3.63, 3.8) is 0 Å². The van der Waals surface area contributed by atoms with E-state index >= 15 is 0 Å². The Balaban J connectivity index is 2.07. The van der Waals surface area contributed by atoms with Gasteiger partial charge in [0.25, 0.3) is 0 Å². The molecular weight excluding hydrogens is 341 g/mol. The van der Waals surface area contributed by atoms with Crippen LogP contribution in [0.3, 0.4) is 0 Å². The van der Waals surface area contributed by atoms with Gasteiger partial charge in [0.1, 0.15) is 5.75 Å². The lowest BCUT2D eigenvalue weighted by atomic mass is 9.76. The molecule has 0 aromatic heterocycles. The smallest absolute Gasteiger partial charge is 0.410 e. The molecule has 1 saturated heterocycles. The zero-order chi connectivity index (χ0) is 20.5. The first-order valence-electron chi connectivity index (χ1n) is 9.23. The molecule has 1 aliphatic heterocycles. The van der Waals surface area contributed by atoms with Crippen LogP contribution in [0.1, 0.15) is 54.0 Å². The minimum Gasteiger partial charge on any atom is -0.410 e. The molecule has 146 valence electrons. The fraction of sp³-hybridized carbons (Fsp3) is 0.571. The summed E-state index contributed by atoms with van der Waals surface area (Å²) < 4.78 is 17.7. The van der Waals surface area contributed by atoms with Gasteiger partial charge in [-0.2, -0.15) is 0 Å². The molecule has 1 N–H and O–H groups in total. The maximum Gasteiger partial charge on any atom is 0.495 e. The van der Waals surface area contributed by atoms with Gasteiger partial charge in [-0.1, -0.05) is 24.0 Å². The van der Waals surface area contributed by atoms with Gasteiger partial charge in [0, 0.05) is 5.41 Å². The molecule has 0 bridgehead atoms. The predicted molar refractivity (Wildman–Crippen MR) is 108 cm³/mol. The van der Waals surface area contributed by atoms with Gasteiger partial charge in [-0.3, -0.25) is 0 Å². The van der Waals surface area contributed by atoms with Gasteiger partial charge >= 0.3 is 13.2 Å². The largest absolute Gasteiger partial charge is 0.495 e. The van der Waals surface area contributed by atoms with E-state index in [-0.39, 0.29) is 12.0 Å². The Morgan fingerprint density at radius 2 is 1.78 bits per heavy atom. The number of hydrogen-bond acceptors (Lipinski definition) is 4. The maximum absolute atomic E-state index is 12.1. The number of amides is 1. The van der Waals surface area contributed by atoms with Crippen molar-refractivity contribution in [3.05, 3.63) is 23.8 Å². The Labute approximate surface area is 163 Å². The van der Waals surface area contributed by atoms with Gasteiger partial charge in [0.15, 0.2) is 0 Å². The maximum atomic E-state index is 12.1. The van der Waals surface area contributed by atoms with Crippen LogP contribution in [-0.4, -0.2) is 31.0 Å². The number of carbonyl (C=O) groups excluding carboxylic acids is 1. The van der Waals surface area contributed by atoms with E-state index in [0.29, 0.717) is 5.75 Å². The average molecular weight is 371 g/mol. The van der Waals surface area contributed by atoms with Gasteiger partial charge in [0.2, 0.25) is 0 Å². The molecule has 2 rings (SSSR count). The molecule has 1 aromatic carbocycles. The van der Waals surface area contributed by atoms with Crippen molar-refractivity contribution in [2.45, 2.75) is 66.6 Å². The van der Waals surface area contributed by atoms with Gasteiger partial charge in [-0.05, 0) is 72.5 Å². The van der Waals surface area contributed by atoms with Crippen molar-refractivity contribution in [1.82, 2.24) is 5.32 Å². The lowest BCUT2D eigenvalue weighted by Gasteiger charge is -2.32. The van der Waals surface area contributed by atoms with Crippen molar-refractivity contribution in [1.29, 1.82) is 0 Å². The van der Waals surface area contributed by atoms with E-state index in [1.807, 2.05) is 67.5 Å². The second-order valence-electron chi connectivity index (χ2n) is 8.85. The monoisotopic (exact) mass is 371 g/mol. The number of benzene rings is 1. The summed E-state index contributed by atoms with van der Waals surface area (Å²) >= 11 is 0. The molecule has 0 radical (unpaired) electrons. The minimum absolute atomic E-state index is 0.0979. The Bertz CT molecular complexity index is 753. The highest BCUT2D eigenvalue weighted by Crippen LogP contribution is 2.37. The van der Waals surface area contributed by atoms with Gasteiger partial charge in [-0.15, -0.1) is 0 Å². The second-order valence-corrected chi connectivity index (χ2v) is 8.85. The van der Waals surface area contributed by atoms with Crippen LogP contribution in [0, 0.1) is 24.2 Å². The van der Waals surface area contributed by atoms with Gasteiger partial charge in [-0.25, -0.2) is 4.79 Å². The summed E-state index contributed by atoms with van der Waals surface area (Å²) in [5.41, 5.74) is 0.714. The van der Waals surface area contributed by atoms with Crippen molar-refractivity contribution in [2.75, 3.05) is 6.54 Å². The Kier molecular flexibility index (Phi) is 5.99. The highest BCUT2D eigenvalue weighted by atomic mass is 16.7. The number of carbonyl (C=O) groups is 1. The first kappa shape index (κ1) is 21.3. The van der Waals surface area contributed by atoms with E-state index in [1.54, 1.807) is 6.07 Å². The van der Waals surface area contributed by atoms with Crippen molar-refractivity contribution >= 4 is 18.7 Å². The molecule has 0 aliphatic carbocycles. The van der Waals surface area contributed by atoms with E-state index in [0.717, 1.165) is 11.0 Å². The third kappa shape index (κ3) is 5.28. The predicted octanol–water partition coefficient (Wildman–Crippen LogP) is 3.43. The number of rotatable bonds is 3. The van der Waals surface area contributed by atoms with Crippen LogP contribution in [0.15, 0.2) is 18.2 Å². The van der Waals surface area contributed by atoms with E-state index < -0.39 is 24.4 Å². The van der Waals surface area contributed by atoms with Crippen LogP contribution < -0.4 is 15.5 Å². The van der Waals surface area contributed by atoms with Crippen LogP contribution in [0.5, 0.6) is 5.75 Å². The first-order chi connectivity index (χ1) is 12.3. The molecule has 0 spiro atoms. The molecule has 27 heavy (non-hydrogen) atoms.